The second kappa shape index (κ2) is 7.64. The maximum absolute atomic E-state index is 12.0. The SMILES string of the molecule is C[C@H](NC(=O)C[C@H]1C=CCC1)c1ccc(OCC(=O)O)cc1. The summed E-state index contributed by atoms with van der Waals surface area (Å²) in [6.45, 7) is 1.57. The summed E-state index contributed by atoms with van der Waals surface area (Å²) in [4.78, 5) is 22.4. The lowest BCUT2D eigenvalue weighted by Gasteiger charge is -2.16. The zero-order chi connectivity index (χ0) is 15.9. The minimum absolute atomic E-state index is 0.0512. The van der Waals surface area contributed by atoms with Crippen molar-refractivity contribution in [3.05, 3.63) is 42.0 Å². The highest BCUT2D eigenvalue weighted by atomic mass is 16.5. The Morgan fingerprint density at radius 1 is 1.36 bits per heavy atom. The average Bonchev–Trinajstić information content (AvgIpc) is 2.98. The van der Waals surface area contributed by atoms with E-state index in [0.717, 1.165) is 18.4 Å². The van der Waals surface area contributed by atoms with E-state index in [1.807, 2.05) is 19.1 Å². The highest BCUT2D eigenvalue weighted by molar-refractivity contribution is 5.77. The number of aliphatic carboxylic acids is 1. The van der Waals surface area contributed by atoms with Crippen LogP contribution in [0.25, 0.3) is 0 Å². The number of amides is 1. The van der Waals surface area contributed by atoms with Gasteiger partial charge in [-0.1, -0.05) is 24.3 Å². The van der Waals surface area contributed by atoms with Crippen LogP contribution in [0.1, 0.15) is 37.8 Å². The molecule has 1 amide bonds. The average molecular weight is 303 g/mol. The summed E-state index contributed by atoms with van der Waals surface area (Å²) in [5, 5.41) is 11.5. The molecule has 5 heteroatoms. The summed E-state index contributed by atoms with van der Waals surface area (Å²) in [5.41, 5.74) is 0.956. The summed E-state index contributed by atoms with van der Waals surface area (Å²) >= 11 is 0. The van der Waals surface area contributed by atoms with Gasteiger partial charge in [0, 0.05) is 6.42 Å². The first kappa shape index (κ1) is 16.1. The highest BCUT2D eigenvalue weighted by Crippen LogP contribution is 2.21. The van der Waals surface area contributed by atoms with Crippen LogP contribution < -0.4 is 10.1 Å². The number of allylic oxidation sites excluding steroid dienone is 2. The van der Waals surface area contributed by atoms with E-state index >= 15 is 0 Å². The van der Waals surface area contributed by atoms with Gasteiger partial charge in [0.05, 0.1) is 6.04 Å². The predicted octanol–water partition coefficient (Wildman–Crippen LogP) is 2.68. The van der Waals surface area contributed by atoms with Gasteiger partial charge >= 0.3 is 5.97 Å². The molecule has 118 valence electrons. The Hall–Kier alpha value is -2.30. The summed E-state index contributed by atoms with van der Waals surface area (Å²) < 4.78 is 5.08. The van der Waals surface area contributed by atoms with Crippen molar-refractivity contribution in [3.63, 3.8) is 0 Å². The van der Waals surface area contributed by atoms with E-state index in [9.17, 15) is 9.59 Å². The molecule has 2 N–H and O–H groups in total. The van der Waals surface area contributed by atoms with Gasteiger partial charge in [0.1, 0.15) is 5.75 Å². The minimum atomic E-state index is -1.01. The second-order valence-corrected chi connectivity index (χ2v) is 5.51. The molecule has 2 rings (SSSR count). The minimum Gasteiger partial charge on any atom is -0.482 e. The van der Waals surface area contributed by atoms with Gasteiger partial charge in [-0.05, 0) is 43.4 Å². The molecule has 1 aliphatic carbocycles. The quantitative estimate of drug-likeness (QED) is 0.759. The van der Waals surface area contributed by atoms with Gasteiger partial charge < -0.3 is 15.2 Å². The van der Waals surface area contributed by atoms with Crippen LogP contribution in [0.5, 0.6) is 5.75 Å². The number of hydrogen-bond acceptors (Lipinski definition) is 3. The van der Waals surface area contributed by atoms with Gasteiger partial charge in [-0.3, -0.25) is 4.79 Å². The summed E-state index contributed by atoms with van der Waals surface area (Å²) in [6, 6.07) is 6.99. The number of benzene rings is 1. The van der Waals surface area contributed by atoms with E-state index in [0.29, 0.717) is 18.1 Å². The lowest BCUT2D eigenvalue weighted by Crippen LogP contribution is -2.27. The van der Waals surface area contributed by atoms with Crippen LogP contribution in [-0.4, -0.2) is 23.6 Å². The Morgan fingerprint density at radius 2 is 2.09 bits per heavy atom. The zero-order valence-electron chi connectivity index (χ0n) is 12.6. The van der Waals surface area contributed by atoms with Crippen molar-refractivity contribution in [2.75, 3.05) is 6.61 Å². The number of carboxylic acids is 1. The summed E-state index contributed by atoms with van der Waals surface area (Å²) in [5.74, 6) is -0.0966. The number of carbonyl (C=O) groups excluding carboxylic acids is 1. The first-order valence-electron chi connectivity index (χ1n) is 7.45. The Bertz CT molecular complexity index is 550. The first-order valence-corrected chi connectivity index (χ1v) is 7.45. The summed E-state index contributed by atoms with van der Waals surface area (Å²) in [6.07, 6.45) is 6.87. The number of carbonyl (C=O) groups is 2. The third kappa shape index (κ3) is 4.91. The van der Waals surface area contributed by atoms with Gasteiger partial charge in [-0.2, -0.15) is 0 Å². The predicted molar refractivity (Wildman–Crippen MR) is 82.6 cm³/mol. The molecule has 0 fully saturated rings. The largest absolute Gasteiger partial charge is 0.482 e. The molecule has 1 aromatic carbocycles. The number of ether oxygens (including phenoxy) is 1. The van der Waals surface area contributed by atoms with E-state index < -0.39 is 5.97 Å². The van der Waals surface area contributed by atoms with E-state index in [1.165, 1.54) is 0 Å². The van der Waals surface area contributed by atoms with Crippen molar-refractivity contribution in [2.24, 2.45) is 5.92 Å². The number of hydrogen-bond donors (Lipinski definition) is 2. The monoisotopic (exact) mass is 303 g/mol. The Balaban J connectivity index is 1.83. The van der Waals surface area contributed by atoms with Crippen molar-refractivity contribution in [1.82, 2.24) is 5.32 Å². The van der Waals surface area contributed by atoms with Crippen LogP contribution in [0, 0.1) is 5.92 Å². The number of nitrogens with one attached hydrogen (secondary N) is 1. The van der Waals surface area contributed by atoms with Gasteiger partial charge in [0.2, 0.25) is 5.91 Å². The van der Waals surface area contributed by atoms with Crippen LogP contribution in [0.3, 0.4) is 0 Å². The van der Waals surface area contributed by atoms with Crippen molar-refractivity contribution in [2.45, 2.75) is 32.2 Å². The van der Waals surface area contributed by atoms with Crippen molar-refractivity contribution < 1.29 is 19.4 Å². The van der Waals surface area contributed by atoms with Gasteiger partial charge in [-0.25, -0.2) is 4.79 Å². The maximum atomic E-state index is 12.0. The Labute approximate surface area is 130 Å². The van der Waals surface area contributed by atoms with Gasteiger partial charge in [-0.15, -0.1) is 0 Å². The normalized spacial score (nSPS) is 18.0. The molecule has 0 heterocycles. The molecule has 0 unspecified atom stereocenters. The molecule has 0 aliphatic heterocycles. The fraction of sp³-hybridized carbons (Fsp3) is 0.412. The second-order valence-electron chi connectivity index (χ2n) is 5.51. The lowest BCUT2D eigenvalue weighted by atomic mass is 10.0. The number of carboxylic acid groups (broad SMARTS) is 1. The molecule has 0 saturated heterocycles. The Morgan fingerprint density at radius 3 is 2.68 bits per heavy atom. The van der Waals surface area contributed by atoms with E-state index in [2.05, 4.69) is 17.5 Å². The lowest BCUT2D eigenvalue weighted by molar-refractivity contribution is -0.139. The van der Waals surface area contributed by atoms with Crippen LogP contribution >= 0.6 is 0 Å². The van der Waals surface area contributed by atoms with Crippen molar-refractivity contribution >= 4 is 11.9 Å². The van der Waals surface area contributed by atoms with Crippen LogP contribution in [0.2, 0.25) is 0 Å². The molecule has 1 aliphatic rings. The topological polar surface area (TPSA) is 75.6 Å². The van der Waals surface area contributed by atoms with Crippen molar-refractivity contribution in [1.29, 1.82) is 0 Å². The maximum Gasteiger partial charge on any atom is 0.341 e. The standard InChI is InChI=1S/C17H21NO4/c1-12(18-16(19)10-13-4-2-3-5-13)14-6-8-15(9-7-14)22-11-17(20)21/h2,4,6-9,12-13H,3,5,10-11H2,1H3,(H,18,19)(H,20,21)/t12-,13-/m0/s1. The first-order chi connectivity index (χ1) is 10.5. The molecule has 1 aromatic rings. The number of rotatable bonds is 7. The molecule has 0 radical (unpaired) electrons. The molecular formula is C17H21NO4. The third-order valence-electron chi connectivity index (χ3n) is 3.68. The highest BCUT2D eigenvalue weighted by Gasteiger charge is 2.16. The Kier molecular flexibility index (Phi) is 5.58. The molecule has 0 aromatic heterocycles. The van der Waals surface area contributed by atoms with E-state index in [1.54, 1.807) is 12.1 Å². The third-order valence-corrected chi connectivity index (χ3v) is 3.68. The molecule has 0 bridgehead atoms. The molecule has 0 spiro atoms. The molecular weight excluding hydrogens is 282 g/mol. The van der Waals surface area contributed by atoms with E-state index in [-0.39, 0.29) is 18.6 Å². The van der Waals surface area contributed by atoms with Crippen LogP contribution in [0.15, 0.2) is 36.4 Å². The zero-order valence-corrected chi connectivity index (χ0v) is 12.6. The molecule has 2 atom stereocenters. The van der Waals surface area contributed by atoms with Crippen molar-refractivity contribution in [3.8, 4) is 5.75 Å². The van der Waals surface area contributed by atoms with Gasteiger partial charge in [0.15, 0.2) is 6.61 Å². The fourth-order valence-electron chi connectivity index (χ4n) is 2.48. The van der Waals surface area contributed by atoms with Gasteiger partial charge in [0.25, 0.3) is 0 Å². The summed E-state index contributed by atoms with van der Waals surface area (Å²) in [7, 11) is 0. The molecule has 22 heavy (non-hydrogen) atoms. The molecule has 0 saturated carbocycles. The smallest absolute Gasteiger partial charge is 0.341 e. The van der Waals surface area contributed by atoms with E-state index in [4.69, 9.17) is 9.84 Å². The fourth-order valence-corrected chi connectivity index (χ4v) is 2.48. The molecule has 5 nitrogen and oxygen atoms in total. The van der Waals surface area contributed by atoms with Crippen LogP contribution in [0.4, 0.5) is 0 Å². The van der Waals surface area contributed by atoms with Crippen LogP contribution in [-0.2, 0) is 9.59 Å².